The van der Waals surface area contributed by atoms with Crippen LogP contribution in [-0.2, 0) is 0 Å². The van der Waals surface area contributed by atoms with E-state index in [4.69, 9.17) is 4.84 Å². The van der Waals surface area contributed by atoms with Gasteiger partial charge in [0, 0.05) is 13.0 Å². The van der Waals surface area contributed by atoms with Gasteiger partial charge in [0.15, 0.2) is 5.52 Å². The second-order valence-corrected chi connectivity index (χ2v) is 3.15. The van der Waals surface area contributed by atoms with Crippen LogP contribution in [0.4, 0.5) is 0 Å². The number of fused-ring (bicyclic) bond motifs is 1. The molecule has 0 saturated carbocycles. The second kappa shape index (κ2) is 3.27. The first-order chi connectivity index (χ1) is 7.16. The van der Waals surface area contributed by atoms with E-state index >= 15 is 0 Å². The van der Waals surface area contributed by atoms with Crippen molar-refractivity contribution < 1.29 is 9.57 Å². The second-order valence-electron chi connectivity index (χ2n) is 3.15. The molecule has 0 saturated heterocycles. The van der Waals surface area contributed by atoms with Gasteiger partial charge < -0.3 is 10.0 Å². The SMILES string of the molecule is COn1c(=O)c(C)[n+]([O-])c2ccccc21. The maximum atomic E-state index is 11.7. The highest BCUT2D eigenvalue weighted by Gasteiger charge is 2.16. The van der Waals surface area contributed by atoms with Crippen LogP contribution in [0.25, 0.3) is 11.0 Å². The predicted octanol–water partition coefficient (Wildman–Crippen LogP) is 0.00172. The highest BCUT2D eigenvalue weighted by atomic mass is 16.6. The molecule has 0 radical (unpaired) electrons. The Balaban J connectivity index is 3.05. The van der Waals surface area contributed by atoms with E-state index in [0.29, 0.717) is 15.8 Å². The van der Waals surface area contributed by atoms with E-state index in [1.165, 1.54) is 14.0 Å². The molecule has 1 aromatic heterocycles. The Labute approximate surface area is 85.7 Å². The van der Waals surface area contributed by atoms with Crippen molar-refractivity contribution in [2.24, 2.45) is 0 Å². The third-order valence-electron chi connectivity index (χ3n) is 2.30. The van der Waals surface area contributed by atoms with Gasteiger partial charge in [-0.25, -0.2) is 0 Å². The van der Waals surface area contributed by atoms with E-state index in [1.807, 2.05) is 0 Å². The van der Waals surface area contributed by atoms with Gasteiger partial charge in [0.1, 0.15) is 7.11 Å². The summed E-state index contributed by atoms with van der Waals surface area (Å²) in [6, 6.07) is 6.78. The maximum Gasteiger partial charge on any atom is 0.352 e. The molecule has 0 bridgehead atoms. The van der Waals surface area contributed by atoms with E-state index < -0.39 is 5.56 Å². The highest BCUT2D eigenvalue weighted by molar-refractivity contribution is 5.71. The quantitative estimate of drug-likeness (QED) is 0.487. The average Bonchev–Trinajstić information content (AvgIpc) is 2.27. The van der Waals surface area contributed by atoms with Gasteiger partial charge in [0.25, 0.3) is 5.69 Å². The number of rotatable bonds is 1. The van der Waals surface area contributed by atoms with Crippen LogP contribution < -0.4 is 15.1 Å². The summed E-state index contributed by atoms with van der Waals surface area (Å²) in [6.45, 7) is 1.47. The fraction of sp³-hybridized carbons (Fsp3) is 0.200. The van der Waals surface area contributed by atoms with Gasteiger partial charge >= 0.3 is 5.56 Å². The van der Waals surface area contributed by atoms with Crippen LogP contribution in [0.1, 0.15) is 5.69 Å². The standard InChI is InChI=1S/C10H10N2O3/c1-7-10(13)12(15-2)9-6-4-3-5-8(9)11(7)14/h3-6H,1-2H3. The molecule has 1 aromatic carbocycles. The summed E-state index contributed by atoms with van der Waals surface area (Å²) in [6.07, 6.45) is 0. The Morgan fingerprint density at radius 3 is 2.73 bits per heavy atom. The van der Waals surface area contributed by atoms with Gasteiger partial charge in [-0.1, -0.05) is 12.1 Å². The summed E-state index contributed by atoms with van der Waals surface area (Å²) in [5.41, 5.74) is 0.531. The van der Waals surface area contributed by atoms with Crippen molar-refractivity contribution in [2.75, 3.05) is 7.11 Å². The van der Waals surface area contributed by atoms with Gasteiger partial charge in [-0.3, -0.25) is 4.79 Å². The topological polar surface area (TPSA) is 58.2 Å². The lowest BCUT2D eigenvalue weighted by Crippen LogP contribution is -2.43. The third-order valence-corrected chi connectivity index (χ3v) is 2.30. The fourth-order valence-electron chi connectivity index (χ4n) is 1.51. The summed E-state index contributed by atoms with van der Waals surface area (Å²) in [5.74, 6) is 0. The van der Waals surface area contributed by atoms with E-state index in [0.717, 1.165) is 4.73 Å². The highest BCUT2D eigenvalue weighted by Crippen LogP contribution is 2.06. The van der Waals surface area contributed by atoms with Gasteiger partial charge in [-0.15, -0.1) is 4.73 Å². The van der Waals surface area contributed by atoms with Crippen molar-refractivity contribution in [3.8, 4) is 0 Å². The van der Waals surface area contributed by atoms with E-state index in [1.54, 1.807) is 24.3 Å². The zero-order valence-electron chi connectivity index (χ0n) is 8.43. The first-order valence-corrected chi connectivity index (χ1v) is 4.45. The maximum absolute atomic E-state index is 11.7. The molecular formula is C10H10N2O3. The minimum atomic E-state index is -0.439. The number of hydrogen-bond donors (Lipinski definition) is 0. The largest absolute Gasteiger partial charge is 0.618 e. The molecule has 1 heterocycles. The Hall–Kier alpha value is -2.04. The van der Waals surface area contributed by atoms with Crippen molar-refractivity contribution in [3.05, 3.63) is 45.5 Å². The molecule has 2 aromatic rings. The zero-order valence-corrected chi connectivity index (χ0v) is 8.43. The van der Waals surface area contributed by atoms with Crippen LogP contribution >= 0.6 is 0 Å². The number of nitrogens with zero attached hydrogens (tertiary/aromatic N) is 2. The molecule has 0 unspecified atom stereocenters. The average molecular weight is 206 g/mol. The predicted molar refractivity (Wildman–Crippen MR) is 54.4 cm³/mol. The minimum Gasteiger partial charge on any atom is -0.618 e. The summed E-state index contributed by atoms with van der Waals surface area (Å²) in [5, 5.41) is 11.7. The van der Waals surface area contributed by atoms with Crippen LogP contribution in [-0.4, -0.2) is 11.8 Å². The monoisotopic (exact) mass is 206 g/mol. The summed E-state index contributed by atoms with van der Waals surface area (Å²) >= 11 is 0. The first-order valence-electron chi connectivity index (χ1n) is 4.45. The normalized spacial score (nSPS) is 10.5. The van der Waals surface area contributed by atoms with Crippen LogP contribution in [0.15, 0.2) is 29.1 Å². The van der Waals surface area contributed by atoms with Crippen LogP contribution in [0, 0.1) is 12.1 Å². The van der Waals surface area contributed by atoms with Gasteiger partial charge in [0.05, 0.1) is 0 Å². The van der Waals surface area contributed by atoms with Crippen molar-refractivity contribution in [1.29, 1.82) is 0 Å². The van der Waals surface area contributed by atoms with Crippen LogP contribution in [0.5, 0.6) is 0 Å². The molecule has 0 aliphatic heterocycles. The molecule has 5 heteroatoms. The molecule has 2 rings (SSSR count). The van der Waals surface area contributed by atoms with Crippen LogP contribution in [0.2, 0.25) is 0 Å². The minimum absolute atomic E-state index is 0.0931. The Bertz CT molecular complexity index is 575. The van der Waals surface area contributed by atoms with Gasteiger partial charge in [-0.05, 0) is 6.07 Å². The Kier molecular flexibility index (Phi) is 2.07. The van der Waals surface area contributed by atoms with E-state index in [-0.39, 0.29) is 5.69 Å². The Morgan fingerprint density at radius 2 is 2.07 bits per heavy atom. The van der Waals surface area contributed by atoms with Crippen molar-refractivity contribution >= 4 is 11.0 Å². The van der Waals surface area contributed by atoms with E-state index in [2.05, 4.69) is 0 Å². The van der Waals surface area contributed by atoms with Crippen molar-refractivity contribution in [3.63, 3.8) is 0 Å². The molecule has 0 atom stereocenters. The molecule has 0 spiro atoms. The molecule has 15 heavy (non-hydrogen) atoms. The zero-order chi connectivity index (χ0) is 11.0. The van der Waals surface area contributed by atoms with Crippen molar-refractivity contribution in [1.82, 2.24) is 4.73 Å². The third kappa shape index (κ3) is 1.24. The lowest BCUT2D eigenvalue weighted by Gasteiger charge is -2.09. The number of hydrogen-bond acceptors (Lipinski definition) is 3. The number of para-hydroxylation sites is 2. The molecule has 0 fully saturated rings. The van der Waals surface area contributed by atoms with E-state index in [9.17, 15) is 10.0 Å². The van der Waals surface area contributed by atoms with Gasteiger partial charge in [0.2, 0.25) is 5.52 Å². The molecule has 78 valence electrons. The summed E-state index contributed by atoms with van der Waals surface area (Å²) in [4.78, 5) is 16.6. The molecular weight excluding hydrogens is 196 g/mol. The summed E-state index contributed by atoms with van der Waals surface area (Å²) < 4.78 is 1.73. The molecule has 0 aliphatic carbocycles. The van der Waals surface area contributed by atoms with Crippen LogP contribution in [0.3, 0.4) is 0 Å². The smallest absolute Gasteiger partial charge is 0.352 e. The molecule has 5 nitrogen and oxygen atoms in total. The lowest BCUT2D eigenvalue weighted by molar-refractivity contribution is -0.586. The summed E-state index contributed by atoms with van der Waals surface area (Å²) in [7, 11) is 1.39. The number of aromatic nitrogens is 2. The number of benzene rings is 1. The Morgan fingerprint density at radius 1 is 1.40 bits per heavy atom. The van der Waals surface area contributed by atoms with Gasteiger partial charge in [-0.2, -0.15) is 4.73 Å². The first kappa shape index (κ1) is 9.51. The van der Waals surface area contributed by atoms with Crippen molar-refractivity contribution in [2.45, 2.75) is 6.92 Å². The molecule has 0 aliphatic rings. The molecule has 0 N–H and O–H groups in total. The fourth-order valence-corrected chi connectivity index (χ4v) is 1.51. The lowest BCUT2D eigenvalue weighted by atomic mass is 10.3. The molecule has 0 amide bonds.